The van der Waals surface area contributed by atoms with E-state index in [9.17, 15) is 4.39 Å². The summed E-state index contributed by atoms with van der Waals surface area (Å²) in [6.45, 7) is 0. The van der Waals surface area contributed by atoms with Gasteiger partial charge >= 0.3 is 0 Å². The van der Waals surface area contributed by atoms with Crippen molar-refractivity contribution in [1.82, 2.24) is 0 Å². The van der Waals surface area contributed by atoms with Gasteiger partial charge in [-0.05, 0) is 30.3 Å². The van der Waals surface area contributed by atoms with Crippen LogP contribution >= 0.6 is 0 Å². The van der Waals surface area contributed by atoms with Crippen LogP contribution in [0.15, 0.2) is 59.2 Å². The summed E-state index contributed by atoms with van der Waals surface area (Å²) in [5.74, 6) is 0.423. The Morgan fingerprint density at radius 1 is 0.941 bits per heavy atom. The minimum Gasteiger partial charge on any atom is -0.447 e. The molecule has 84 valence electrons. The Morgan fingerprint density at radius 2 is 1.71 bits per heavy atom. The number of benzene rings is 2. The number of furan rings is 1. The maximum Gasteiger partial charge on any atom is 0.204 e. The molecule has 3 heteroatoms. The number of hydrogen-bond acceptors (Lipinski definition) is 2. The van der Waals surface area contributed by atoms with Crippen LogP contribution in [-0.2, 0) is 0 Å². The molecule has 3 rings (SSSR count). The highest BCUT2D eigenvalue weighted by Gasteiger charge is 2.05. The van der Waals surface area contributed by atoms with Gasteiger partial charge in [0.25, 0.3) is 0 Å². The summed E-state index contributed by atoms with van der Waals surface area (Å²) in [7, 11) is 0. The molecule has 17 heavy (non-hydrogen) atoms. The molecule has 2 nitrogen and oxygen atoms in total. The SMILES string of the molecule is Fc1ccc(Nc2occ3ccccc23)cc1. The lowest BCUT2D eigenvalue weighted by molar-refractivity contribution is 0.590. The normalized spacial score (nSPS) is 10.6. The van der Waals surface area contributed by atoms with Crippen molar-refractivity contribution in [2.45, 2.75) is 0 Å². The topological polar surface area (TPSA) is 25.2 Å². The van der Waals surface area contributed by atoms with Crippen molar-refractivity contribution in [3.8, 4) is 0 Å². The second-order valence-corrected chi connectivity index (χ2v) is 3.78. The average molecular weight is 227 g/mol. The highest BCUT2D eigenvalue weighted by atomic mass is 19.1. The fourth-order valence-electron chi connectivity index (χ4n) is 1.75. The summed E-state index contributed by atoms with van der Waals surface area (Å²) in [6, 6.07) is 14.0. The Hall–Kier alpha value is -2.29. The summed E-state index contributed by atoms with van der Waals surface area (Å²) in [5, 5.41) is 5.17. The molecule has 0 aliphatic carbocycles. The van der Waals surface area contributed by atoms with Gasteiger partial charge in [-0.2, -0.15) is 0 Å². The van der Waals surface area contributed by atoms with E-state index < -0.39 is 0 Å². The first-order valence-electron chi connectivity index (χ1n) is 5.32. The molecule has 0 saturated carbocycles. The van der Waals surface area contributed by atoms with Crippen LogP contribution in [-0.4, -0.2) is 0 Å². The van der Waals surface area contributed by atoms with Crippen LogP contribution in [0.4, 0.5) is 16.0 Å². The van der Waals surface area contributed by atoms with Crippen LogP contribution < -0.4 is 5.32 Å². The predicted molar refractivity (Wildman–Crippen MR) is 65.9 cm³/mol. The molecule has 0 aliphatic heterocycles. The first-order chi connectivity index (χ1) is 8.33. The Labute approximate surface area is 97.7 Å². The molecule has 0 amide bonds. The molecule has 0 bridgehead atoms. The van der Waals surface area contributed by atoms with E-state index >= 15 is 0 Å². The molecular weight excluding hydrogens is 217 g/mol. The number of halogens is 1. The Kier molecular flexibility index (Phi) is 2.29. The van der Waals surface area contributed by atoms with Gasteiger partial charge in [-0.3, -0.25) is 0 Å². The van der Waals surface area contributed by atoms with Crippen LogP contribution in [0, 0.1) is 5.82 Å². The third-order valence-corrected chi connectivity index (χ3v) is 2.61. The van der Waals surface area contributed by atoms with E-state index in [-0.39, 0.29) is 5.82 Å². The average Bonchev–Trinajstić information content (AvgIpc) is 2.76. The van der Waals surface area contributed by atoms with E-state index in [1.54, 1.807) is 18.4 Å². The lowest BCUT2D eigenvalue weighted by Gasteiger charge is -2.02. The van der Waals surface area contributed by atoms with Gasteiger partial charge in [-0.25, -0.2) is 4.39 Å². The smallest absolute Gasteiger partial charge is 0.204 e. The van der Waals surface area contributed by atoms with Crippen molar-refractivity contribution in [2.24, 2.45) is 0 Å². The number of rotatable bonds is 2. The summed E-state index contributed by atoms with van der Waals surface area (Å²) in [6.07, 6.45) is 1.70. The minimum atomic E-state index is -0.250. The van der Waals surface area contributed by atoms with Crippen molar-refractivity contribution in [1.29, 1.82) is 0 Å². The summed E-state index contributed by atoms with van der Waals surface area (Å²) < 4.78 is 18.2. The monoisotopic (exact) mass is 227 g/mol. The molecule has 2 aromatic carbocycles. The van der Waals surface area contributed by atoms with Gasteiger partial charge in [0.15, 0.2) is 0 Å². The van der Waals surface area contributed by atoms with Gasteiger partial charge in [0, 0.05) is 16.5 Å². The Morgan fingerprint density at radius 3 is 2.53 bits per heavy atom. The molecule has 1 heterocycles. The molecule has 1 aromatic heterocycles. The van der Waals surface area contributed by atoms with Crippen LogP contribution in [0.25, 0.3) is 10.8 Å². The number of anilines is 2. The van der Waals surface area contributed by atoms with Crippen molar-refractivity contribution < 1.29 is 8.81 Å². The van der Waals surface area contributed by atoms with E-state index in [1.807, 2.05) is 24.3 Å². The van der Waals surface area contributed by atoms with Gasteiger partial charge < -0.3 is 9.73 Å². The van der Waals surface area contributed by atoms with Crippen LogP contribution in [0.5, 0.6) is 0 Å². The standard InChI is InChI=1S/C14H10FNO/c15-11-5-7-12(8-6-11)16-14-13-4-2-1-3-10(13)9-17-14/h1-9,16H. The first kappa shape index (κ1) is 9.90. The van der Waals surface area contributed by atoms with E-state index in [0.29, 0.717) is 5.88 Å². The number of hydrogen-bond donors (Lipinski definition) is 1. The molecule has 0 saturated heterocycles. The second-order valence-electron chi connectivity index (χ2n) is 3.78. The maximum absolute atomic E-state index is 12.8. The fourth-order valence-corrected chi connectivity index (χ4v) is 1.75. The van der Waals surface area contributed by atoms with E-state index in [0.717, 1.165) is 16.5 Å². The van der Waals surface area contributed by atoms with Crippen molar-refractivity contribution in [3.63, 3.8) is 0 Å². The predicted octanol–water partition coefficient (Wildman–Crippen LogP) is 4.32. The quantitative estimate of drug-likeness (QED) is 0.705. The molecular formula is C14H10FNO. The Bertz CT molecular complexity index is 643. The second kappa shape index (κ2) is 3.94. The molecule has 0 spiro atoms. The van der Waals surface area contributed by atoms with Crippen LogP contribution in [0.2, 0.25) is 0 Å². The van der Waals surface area contributed by atoms with Crippen LogP contribution in [0.3, 0.4) is 0 Å². The van der Waals surface area contributed by atoms with Gasteiger partial charge in [0.1, 0.15) is 12.1 Å². The zero-order valence-corrected chi connectivity index (χ0v) is 8.98. The molecule has 1 N–H and O–H groups in total. The van der Waals surface area contributed by atoms with Gasteiger partial charge in [-0.15, -0.1) is 0 Å². The summed E-state index contributed by atoms with van der Waals surface area (Å²) in [4.78, 5) is 0. The number of nitrogens with one attached hydrogen (secondary N) is 1. The van der Waals surface area contributed by atoms with Crippen molar-refractivity contribution in [2.75, 3.05) is 5.32 Å². The lowest BCUT2D eigenvalue weighted by Crippen LogP contribution is -1.88. The van der Waals surface area contributed by atoms with Crippen molar-refractivity contribution in [3.05, 3.63) is 60.6 Å². The number of fused-ring (bicyclic) bond motifs is 1. The molecule has 0 aliphatic rings. The van der Waals surface area contributed by atoms with Gasteiger partial charge in [-0.1, -0.05) is 18.2 Å². The third-order valence-electron chi connectivity index (χ3n) is 2.61. The van der Waals surface area contributed by atoms with Crippen molar-refractivity contribution >= 4 is 22.3 Å². The highest BCUT2D eigenvalue weighted by Crippen LogP contribution is 2.28. The maximum atomic E-state index is 12.8. The summed E-state index contributed by atoms with van der Waals surface area (Å²) >= 11 is 0. The van der Waals surface area contributed by atoms with Gasteiger partial charge in [0.2, 0.25) is 5.88 Å². The fraction of sp³-hybridized carbons (Fsp3) is 0. The molecule has 0 atom stereocenters. The Balaban J connectivity index is 1.97. The van der Waals surface area contributed by atoms with E-state index in [4.69, 9.17) is 4.42 Å². The van der Waals surface area contributed by atoms with E-state index in [1.165, 1.54) is 12.1 Å². The molecule has 0 unspecified atom stereocenters. The first-order valence-corrected chi connectivity index (χ1v) is 5.32. The molecule has 3 aromatic rings. The van der Waals surface area contributed by atoms with E-state index in [2.05, 4.69) is 5.32 Å². The van der Waals surface area contributed by atoms with Gasteiger partial charge in [0.05, 0.1) is 0 Å². The minimum absolute atomic E-state index is 0.250. The lowest BCUT2D eigenvalue weighted by atomic mass is 10.2. The summed E-state index contributed by atoms with van der Waals surface area (Å²) in [5.41, 5.74) is 0.798. The van der Waals surface area contributed by atoms with Crippen LogP contribution in [0.1, 0.15) is 0 Å². The zero-order valence-electron chi connectivity index (χ0n) is 8.98. The third kappa shape index (κ3) is 1.87. The largest absolute Gasteiger partial charge is 0.447 e. The molecule has 0 radical (unpaired) electrons. The zero-order chi connectivity index (χ0) is 11.7. The highest BCUT2D eigenvalue weighted by molar-refractivity contribution is 5.92. The molecule has 0 fully saturated rings.